The van der Waals surface area contributed by atoms with Gasteiger partial charge in [-0.05, 0) is 55.3 Å². The summed E-state index contributed by atoms with van der Waals surface area (Å²) in [6.07, 6.45) is 5.10. The average Bonchev–Trinajstić information content (AvgIpc) is 3.29. The van der Waals surface area contributed by atoms with Gasteiger partial charge in [0.15, 0.2) is 0 Å². The van der Waals surface area contributed by atoms with Crippen molar-refractivity contribution >= 4 is 22.6 Å². The van der Waals surface area contributed by atoms with Crippen LogP contribution in [-0.2, 0) is 0 Å². The smallest absolute Gasteiger partial charge is 0.261 e. The van der Waals surface area contributed by atoms with Gasteiger partial charge in [0.25, 0.3) is 11.5 Å². The van der Waals surface area contributed by atoms with Crippen molar-refractivity contribution in [1.82, 2.24) is 15.0 Å². The summed E-state index contributed by atoms with van der Waals surface area (Å²) in [5.74, 6) is 1.59. The van der Waals surface area contributed by atoms with Crippen molar-refractivity contribution in [2.75, 3.05) is 5.32 Å². The Balaban J connectivity index is 1.38. The van der Waals surface area contributed by atoms with E-state index in [9.17, 15) is 9.59 Å². The fourth-order valence-corrected chi connectivity index (χ4v) is 3.41. The van der Waals surface area contributed by atoms with Crippen LogP contribution >= 0.6 is 0 Å². The van der Waals surface area contributed by atoms with Gasteiger partial charge < -0.3 is 19.7 Å². The highest BCUT2D eigenvalue weighted by atomic mass is 16.3. The molecule has 140 valence electrons. The van der Waals surface area contributed by atoms with Crippen LogP contribution in [0.5, 0.6) is 0 Å². The van der Waals surface area contributed by atoms with E-state index in [4.69, 9.17) is 4.42 Å². The first kappa shape index (κ1) is 16.6. The molecular formula is C21H18N4O3. The number of pyridine rings is 1. The first-order chi connectivity index (χ1) is 13.7. The standard InChI is InChI=1S/C21H18N4O3/c26-20(14-7-9-16(25-21(14)27)18-5-2-10-28-18)22-13-6-8-15-17(11-13)24-19(23-15)12-3-1-4-12/h2,5-12H,1,3-4H2,(H,22,26)(H,23,24)(H,25,27). The SMILES string of the molecule is O=C(Nc1ccc2nc(C3CCC3)[nH]c2c1)c1ccc(-c2ccco2)[nH]c1=O. The largest absolute Gasteiger partial charge is 0.463 e. The summed E-state index contributed by atoms with van der Waals surface area (Å²) in [6, 6.07) is 12.1. The third kappa shape index (κ3) is 2.90. The summed E-state index contributed by atoms with van der Waals surface area (Å²) in [5.41, 5.74) is 2.45. The second-order valence-electron chi connectivity index (χ2n) is 7.03. The van der Waals surface area contributed by atoms with Crippen molar-refractivity contribution in [2.24, 2.45) is 0 Å². The zero-order valence-corrected chi connectivity index (χ0v) is 15.0. The number of nitrogens with zero attached hydrogens (tertiary/aromatic N) is 1. The monoisotopic (exact) mass is 374 g/mol. The number of furan rings is 1. The van der Waals surface area contributed by atoms with Crippen LogP contribution in [0.4, 0.5) is 5.69 Å². The van der Waals surface area contributed by atoms with Gasteiger partial charge in [-0.2, -0.15) is 0 Å². The number of imidazole rings is 1. The first-order valence-electron chi connectivity index (χ1n) is 9.25. The van der Waals surface area contributed by atoms with E-state index in [1.54, 1.807) is 24.3 Å². The Morgan fingerprint density at radius 2 is 2.04 bits per heavy atom. The van der Waals surface area contributed by atoms with Gasteiger partial charge in [0, 0.05) is 11.6 Å². The molecule has 1 aliphatic carbocycles. The van der Waals surface area contributed by atoms with Gasteiger partial charge in [-0.25, -0.2) is 4.98 Å². The Morgan fingerprint density at radius 3 is 2.75 bits per heavy atom. The van der Waals surface area contributed by atoms with Gasteiger partial charge in [0.05, 0.1) is 23.0 Å². The molecule has 0 radical (unpaired) electrons. The zero-order chi connectivity index (χ0) is 19.1. The number of amides is 1. The molecule has 3 aromatic heterocycles. The second-order valence-corrected chi connectivity index (χ2v) is 7.03. The average molecular weight is 374 g/mol. The molecule has 1 aromatic carbocycles. The van der Waals surface area contributed by atoms with Gasteiger partial charge in [-0.15, -0.1) is 0 Å². The maximum Gasteiger partial charge on any atom is 0.261 e. The fraction of sp³-hybridized carbons (Fsp3) is 0.190. The number of fused-ring (bicyclic) bond motifs is 1. The summed E-state index contributed by atoms with van der Waals surface area (Å²) in [7, 11) is 0. The predicted molar refractivity (Wildman–Crippen MR) is 105 cm³/mol. The van der Waals surface area contributed by atoms with E-state index in [0.29, 0.717) is 23.1 Å². The van der Waals surface area contributed by atoms with Crippen LogP contribution in [0.2, 0.25) is 0 Å². The van der Waals surface area contributed by atoms with Crippen LogP contribution in [0.15, 0.2) is 57.9 Å². The van der Waals surface area contributed by atoms with E-state index in [0.717, 1.165) is 16.9 Å². The van der Waals surface area contributed by atoms with E-state index in [1.807, 2.05) is 12.1 Å². The highest BCUT2D eigenvalue weighted by Gasteiger charge is 2.22. The van der Waals surface area contributed by atoms with E-state index in [-0.39, 0.29) is 5.56 Å². The fourth-order valence-electron chi connectivity index (χ4n) is 3.41. The number of hydrogen-bond donors (Lipinski definition) is 3. The van der Waals surface area contributed by atoms with Gasteiger partial charge >= 0.3 is 0 Å². The van der Waals surface area contributed by atoms with Gasteiger partial charge in [-0.3, -0.25) is 9.59 Å². The topological polar surface area (TPSA) is 104 Å². The normalized spacial score (nSPS) is 14.1. The molecule has 28 heavy (non-hydrogen) atoms. The van der Waals surface area contributed by atoms with E-state index < -0.39 is 11.5 Å². The quantitative estimate of drug-likeness (QED) is 0.502. The lowest BCUT2D eigenvalue weighted by Crippen LogP contribution is -2.23. The Bertz CT molecular complexity index is 1220. The minimum Gasteiger partial charge on any atom is -0.463 e. The lowest BCUT2D eigenvalue weighted by Gasteiger charge is -2.22. The Morgan fingerprint density at radius 1 is 1.14 bits per heavy atom. The van der Waals surface area contributed by atoms with Gasteiger partial charge in [0.1, 0.15) is 17.1 Å². The number of rotatable bonds is 4. The van der Waals surface area contributed by atoms with E-state index in [2.05, 4.69) is 20.3 Å². The lowest BCUT2D eigenvalue weighted by atomic mass is 9.85. The number of carbonyl (C=O) groups is 1. The van der Waals surface area contributed by atoms with E-state index >= 15 is 0 Å². The third-order valence-electron chi connectivity index (χ3n) is 5.19. The second kappa shape index (κ2) is 6.53. The van der Waals surface area contributed by atoms with Crippen molar-refractivity contribution < 1.29 is 9.21 Å². The predicted octanol–water partition coefficient (Wildman–Crippen LogP) is 4.03. The molecular weight excluding hydrogens is 356 g/mol. The molecule has 7 heteroatoms. The van der Waals surface area contributed by atoms with Crippen LogP contribution in [-0.4, -0.2) is 20.9 Å². The summed E-state index contributed by atoms with van der Waals surface area (Å²) >= 11 is 0. The van der Waals surface area contributed by atoms with Crippen molar-refractivity contribution in [2.45, 2.75) is 25.2 Å². The van der Waals surface area contributed by atoms with Crippen LogP contribution in [0.3, 0.4) is 0 Å². The van der Waals surface area contributed by atoms with Crippen LogP contribution < -0.4 is 10.9 Å². The van der Waals surface area contributed by atoms with Gasteiger partial charge in [-0.1, -0.05) is 6.42 Å². The molecule has 3 heterocycles. The summed E-state index contributed by atoms with van der Waals surface area (Å²) in [4.78, 5) is 35.5. The Kier molecular flexibility index (Phi) is 3.86. The molecule has 0 atom stereocenters. The minimum atomic E-state index is -0.471. The molecule has 0 aliphatic heterocycles. The highest BCUT2D eigenvalue weighted by molar-refractivity contribution is 6.04. The van der Waals surface area contributed by atoms with Crippen molar-refractivity contribution in [1.29, 1.82) is 0 Å². The van der Waals surface area contributed by atoms with Crippen LogP contribution in [0.25, 0.3) is 22.5 Å². The number of carbonyl (C=O) groups excluding carboxylic acids is 1. The number of benzene rings is 1. The first-order valence-corrected chi connectivity index (χ1v) is 9.25. The molecule has 1 amide bonds. The molecule has 1 fully saturated rings. The van der Waals surface area contributed by atoms with Gasteiger partial charge in [0.2, 0.25) is 0 Å². The molecule has 1 saturated carbocycles. The molecule has 0 spiro atoms. The van der Waals surface area contributed by atoms with Crippen molar-refractivity contribution in [3.63, 3.8) is 0 Å². The number of hydrogen-bond acceptors (Lipinski definition) is 4. The molecule has 7 nitrogen and oxygen atoms in total. The summed E-state index contributed by atoms with van der Waals surface area (Å²) in [5, 5.41) is 2.78. The van der Waals surface area contributed by atoms with E-state index in [1.165, 1.54) is 31.6 Å². The number of H-pyrrole nitrogens is 2. The Labute approximate surface area is 159 Å². The molecule has 0 bridgehead atoms. The molecule has 4 aromatic rings. The molecule has 1 aliphatic rings. The maximum atomic E-state index is 12.6. The number of nitrogens with one attached hydrogen (secondary N) is 3. The molecule has 0 saturated heterocycles. The third-order valence-corrected chi connectivity index (χ3v) is 5.19. The van der Waals surface area contributed by atoms with Crippen LogP contribution in [0, 0.1) is 0 Å². The summed E-state index contributed by atoms with van der Waals surface area (Å²) in [6.45, 7) is 0. The lowest BCUT2D eigenvalue weighted by molar-refractivity contribution is 0.102. The number of anilines is 1. The van der Waals surface area contributed by atoms with Crippen molar-refractivity contribution in [3.05, 3.63) is 70.5 Å². The number of aromatic amines is 2. The Hall–Kier alpha value is -3.61. The number of aromatic nitrogens is 3. The van der Waals surface area contributed by atoms with Crippen molar-refractivity contribution in [3.8, 4) is 11.5 Å². The minimum absolute atomic E-state index is 0.0372. The molecule has 0 unspecified atom stereocenters. The molecule has 5 rings (SSSR count). The molecule has 3 N–H and O–H groups in total. The maximum absolute atomic E-state index is 12.6. The van der Waals surface area contributed by atoms with Crippen LogP contribution in [0.1, 0.15) is 41.4 Å². The highest BCUT2D eigenvalue weighted by Crippen LogP contribution is 2.35. The zero-order valence-electron chi connectivity index (χ0n) is 15.0. The summed E-state index contributed by atoms with van der Waals surface area (Å²) < 4.78 is 5.26.